The summed E-state index contributed by atoms with van der Waals surface area (Å²) in [5.74, 6) is 0. The van der Waals surface area contributed by atoms with Crippen LogP contribution in [0.4, 0.5) is 4.79 Å². The van der Waals surface area contributed by atoms with E-state index in [0.717, 1.165) is 17.9 Å². The van der Waals surface area contributed by atoms with Crippen LogP contribution < -0.4 is 10.6 Å². The van der Waals surface area contributed by atoms with E-state index in [0.29, 0.717) is 13.1 Å². The van der Waals surface area contributed by atoms with Gasteiger partial charge in [-0.05, 0) is 37.5 Å². The first-order valence-corrected chi connectivity index (χ1v) is 7.76. The summed E-state index contributed by atoms with van der Waals surface area (Å²) >= 11 is 5.84. The van der Waals surface area contributed by atoms with Crippen LogP contribution in [0.1, 0.15) is 18.9 Å². The van der Waals surface area contributed by atoms with Crippen molar-refractivity contribution in [2.24, 2.45) is 0 Å². The minimum Gasteiger partial charge on any atom is -0.338 e. The zero-order valence-corrected chi connectivity index (χ0v) is 13.4. The van der Waals surface area contributed by atoms with Crippen molar-refractivity contribution in [3.63, 3.8) is 0 Å². The number of nitrogens with one attached hydrogen (secondary N) is 2. The van der Waals surface area contributed by atoms with E-state index in [9.17, 15) is 4.79 Å². The third-order valence-electron chi connectivity index (χ3n) is 3.26. The summed E-state index contributed by atoms with van der Waals surface area (Å²) in [6.45, 7) is 3.32. The van der Waals surface area contributed by atoms with Gasteiger partial charge >= 0.3 is 6.03 Å². The Balaban J connectivity index is 1.60. The maximum Gasteiger partial charge on any atom is 0.315 e. The molecule has 2 N–H and O–H groups in total. The molecule has 0 saturated carbocycles. The van der Waals surface area contributed by atoms with E-state index in [2.05, 4.69) is 15.6 Å². The van der Waals surface area contributed by atoms with Crippen molar-refractivity contribution in [2.45, 2.75) is 32.4 Å². The molecule has 0 bridgehead atoms. The van der Waals surface area contributed by atoms with Crippen molar-refractivity contribution >= 4 is 17.6 Å². The molecule has 1 atom stereocenters. The van der Waals surface area contributed by atoms with Crippen LogP contribution in [0, 0.1) is 0 Å². The van der Waals surface area contributed by atoms with Crippen molar-refractivity contribution in [2.75, 3.05) is 6.54 Å². The second-order valence-electron chi connectivity index (χ2n) is 5.29. The van der Waals surface area contributed by atoms with Gasteiger partial charge in [-0.2, -0.15) is 0 Å². The quantitative estimate of drug-likeness (QED) is 0.771. The van der Waals surface area contributed by atoms with E-state index >= 15 is 0 Å². The predicted octanol–water partition coefficient (Wildman–Crippen LogP) is 2.86. The second kappa shape index (κ2) is 8.44. The monoisotopic (exact) mass is 320 g/mol. The first-order valence-electron chi connectivity index (χ1n) is 7.38. The summed E-state index contributed by atoms with van der Waals surface area (Å²) in [6, 6.07) is 7.70. The maximum absolute atomic E-state index is 11.8. The number of hydrogen-bond acceptors (Lipinski definition) is 2. The molecule has 0 aliphatic carbocycles. The zero-order chi connectivity index (χ0) is 15.8. The molecule has 0 spiro atoms. The van der Waals surface area contributed by atoms with Gasteiger partial charge in [0.25, 0.3) is 0 Å². The fraction of sp³-hybridized carbons (Fsp3) is 0.375. The molecule has 22 heavy (non-hydrogen) atoms. The average Bonchev–Trinajstić information content (AvgIpc) is 2.98. The summed E-state index contributed by atoms with van der Waals surface area (Å²) in [5.41, 5.74) is 1.22. The predicted molar refractivity (Wildman–Crippen MR) is 88.0 cm³/mol. The summed E-state index contributed by atoms with van der Waals surface area (Å²) in [5, 5.41) is 6.53. The molecule has 2 rings (SSSR count). The lowest BCUT2D eigenvalue weighted by Crippen LogP contribution is -2.42. The minimum atomic E-state index is -0.135. The number of imidazole rings is 1. The van der Waals surface area contributed by atoms with Crippen LogP contribution in [0.2, 0.25) is 5.02 Å². The summed E-state index contributed by atoms with van der Waals surface area (Å²) < 4.78 is 1.94. The third kappa shape index (κ3) is 5.77. The van der Waals surface area contributed by atoms with E-state index in [1.165, 1.54) is 5.56 Å². The molecule has 0 unspecified atom stereocenters. The molecule has 0 radical (unpaired) electrons. The van der Waals surface area contributed by atoms with E-state index in [1.807, 2.05) is 42.0 Å². The second-order valence-corrected chi connectivity index (χ2v) is 5.73. The molecular weight excluding hydrogens is 300 g/mol. The van der Waals surface area contributed by atoms with Crippen molar-refractivity contribution in [3.8, 4) is 0 Å². The Morgan fingerprint density at radius 3 is 2.82 bits per heavy atom. The molecule has 2 aromatic rings. The summed E-state index contributed by atoms with van der Waals surface area (Å²) in [4.78, 5) is 15.7. The van der Waals surface area contributed by atoms with Gasteiger partial charge < -0.3 is 15.2 Å². The van der Waals surface area contributed by atoms with Crippen LogP contribution >= 0.6 is 11.6 Å². The fourth-order valence-electron chi connectivity index (χ4n) is 2.18. The number of carbonyl (C=O) groups is 1. The number of halogens is 1. The lowest BCUT2D eigenvalue weighted by Gasteiger charge is -2.15. The first-order chi connectivity index (χ1) is 10.6. The Labute approximate surface area is 135 Å². The molecule has 2 amide bonds. The molecule has 1 aromatic heterocycles. The van der Waals surface area contributed by atoms with Gasteiger partial charge in [-0.25, -0.2) is 9.78 Å². The molecule has 0 fully saturated rings. The molecule has 0 aliphatic heterocycles. The Morgan fingerprint density at radius 2 is 2.14 bits per heavy atom. The number of nitrogens with zero attached hydrogens (tertiary/aromatic N) is 2. The van der Waals surface area contributed by atoms with Crippen LogP contribution in [0.25, 0.3) is 0 Å². The summed E-state index contributed by atoms with van der Waals surface area (Å²) in [7, 11) is 0. The van der Waals surface area contributed by atoms with Crippen LogP contribution in [0.3, 0.4) is 0 Å². The smallest absolute Gasteiger partial charge is 0.315 e. The van der Waals surface area contributed by atoms with Gasteiger partial charge in [0.1, 0.15) is 0 Å². The van der Waals surface area contributed by atoms with Crippen LogP contribution in [-0.4, -0.2) is 28.2 Å². The molecule has 1 aromatic carbocycles. The Kier molecular flexibility index (Phi) is 6.27. The molecule has 1 heterocycles. The molecule has 5 nitrogen and oxygen atoms in total. The van der Waals surface area contributed by atoms with Crippen molar-refractivity contribution in [3.05, 3.63) is 53.6 Å². The SMILES string of the molecule is C[C@@H](Cn1ccnc1)NC(=O)NCCCc1ccc(Cl)cc1. The Hall–Kier alpha value is -2.01. The van der Waals surface area contributed by atoms with Crippen LogP contribution in [-0.2, 0) is 13.0 Å². The van der Waals surface area contributed by atoms with Gasteiger partial charge in [-0.1, -0.05) is 23.7 Å². The standard InChI is InChI=1S/C16H21ClN4O/c1-13(11-21-10-9-18-12-21)20-16(22)19-8-2-3-14-4-6-15(17)7-5-14/h4-7,9-10,12-13H,2-3,8,11H2,1H3,(H2,19,20,22)/t13-/m0/s1. The fourth-order valence-corrected chi connectivity index (χ4v) is 2.30. The highest BCUT2D eigenvalue weighted by Crippen LogP contribution is 2.10. The van der Waals surface area contributed by atoms with Gasteiger partial charge in [0.2, 0.25) is 0 Å². The minimum absolute atomic E-state index is 0.0467. The van der Waals surface area contributed by atoms with Gasteiger partial charge in [-0.15, -0.1) is 0 Å². The molecular formula is C16H21ClN4O. The number of benzene rings is 1. The topological polar surface area (TPSA) is 59.0 Å². The zero-order valence-electron chi connectivity index (χ0n) is 12.6. The Morgan fingerprint density at radius 1 is 1.36 bits per heavy atom. The van der Waals surface area contributed by atoms with Gasteiger partial charge in [0.15, 0.2) is 0 Å². The first kappa shape index (κ1) is 16.4. The van der Waals surface area contributed by atoms with Gasteiger partial charge in [0, 0.05) is 36.5 Å². The lowest BCUT2D eigenvalue weighted by atomic mass is 10.1. The molecule has 6 heteroatoms. The summed E-state index contributed by atoms with van der Waals surface area (Å²) in [6.07, 6.45) is 7.15. The number of amides is 2. The highest BCUT2D eigenvalue weighted by atomic mass is 35.5. The number of carbonyl (C=O) groups excluding carboxylic acids is 1. The number of aromatic nitrogens is 2. The van der Waals surface area contributed by atoms with E-state index < -0.39 is 0 Å². The van der Waals surface area contributed by atoms with Gasteiger partial charge in [0.05, 0.1) is 6.33 Å². The number of rotatable bonds is 7. The van der Waals surface area contributed by atoms with Crippen LogP contribution in [0.15, 0.2) is 43.0 Å². The number of hydrogen-bond donors (Lipinski definition) is 2. The molecule has 0 aliphatic rings. The van der Waals surface area contributed by atoms with Crippen LogP contribution in [0.5, 0.6) is 0 Å². The highest BCUT2D eigenvalue weighted by Gasteiger charge is 2.06. The lowest BCUT2D eigenvalue weighted by molar-refractivity contribution is 0.236. The van der Waals surface area contributed by atoms with E-state index in [4.69, 9.17) is 11.6 Å². The molecule has 0 saturated heterocycles. The largest absolute Gasteiger partial charge is 0.338 e. The maximum atomic E-state index is 11.8. The highest BCUT2D eigenvalue weighted by molar-refractivity contribution is 6.30. The van der Waals surface area contributed by atoms with E-state index in [1.54, 1.807) is 12.5 Å². The van der Waals surface area contributed by atoms with Gasteiger partial charge in [-0.3, -0.25) is 0 Å². The van der Waals surface area contributed by atoms with Crippen molar-refractivity contribution in [1.29, 1.82) is 0 Å². The number of urea groups is 1. The Bertz CT molecular complexity index is 568. The normalized spacial score (nSPS) is 11.9. The number of aryl methyl sites for hydroxylation is 1. The third-order valence-corrected chi connectivity index (χ3v) is 3.51. The van der Waals surface area contributed by atoms with E-state index in [-0.39, 0.29) is 12.1 Å². The molecule has 118 valence electrons. The van der Waals surface area contributed by atoms with Crippen molar-refractivity contribution in [1.82, 2.24) is 20.2 Å². The van der Waals surface area contributed by atoms with Crippen molar-refractivity contribution < 1.29 is 4.79 Å². The average molecular weight is 321 g/mol.